The molecule has 5 heteroatoms. The van der Waals surface area contributed by atoms with Crippen molar-refractivity contribution >= 4 is 22.9 Å². The Labute approximate surface area is 154 Å². The molecule has 134 valence electrons. The van der Waals surface area contributed by atoms with Crippen molar-refractivity contribution in [3.63, 3.8) is 0 Å². The second-order valence-electron chi connectivity index (χ2n) is 7.01. The van der Waals surface area contributed by atoms with Gasteiger partial charge >= 0.3 is 0 Å². The van der Waals surface area contributed by atoms with Gasteiger partial charge in [0.25, 0.3) is 5.91 Å². The minimum Gasteiger partial charge on any atom is -0.378 e. The molecular formula is C20H27N3OS. The zero-order valence-corrected chi connectivity index (χ0v) is 15.9. The van der Waals surface area contributed by atoms with E-state index < -0.39 is 0 Å². The number of hydrogen-bond acceptors (Lipinski definition) is 4. The first kappa shape index (κ1) is 18.0. The molecule has 3 rings (SSSR count). The first-order chi connectivity index (χ1) is 12.1. The molecule has 1 aromatic carbocycles. The van der Waals surface area contributed by atoms with E-state index in [0.29, 0.717) is 5.92 Å². The number of thiophene rings is 1. The third kappa shape index (κ3) is 5.06. The Bertz CT molecular complexity index is 676. The van der Waals surface area contributed by atoms with Crippen LogP contribution in [-0.4, -0.2) is 44.5 Å². The van der Waals surface area contributed by atoms with Crippen molar-refractivity contribution in [3.05, 3.63) is 52.2 Å². The standard InChI is InChI=1S/C20H27N3OS/c1-22(2)19-5-3-4-18(12-19)20(24)21-13-16-6-9-23(10-7-16)14-17-8-11-25-15-17/h3-5,8,11-12,15-16H,6-7,9-10,13-14H2,1-2H3,(H,21,24). The number of carbonyl (C=O) groups excluding carboxylic acids is 1. The molecular weight excluding hydrogens is 330 g/mol. The number of nitrogens with zero attached hydrogens (tertiary/aromatic N) is 2. The topological polar surface area (TPSA) is 35.6 Å². The molecule has 1 N–H and O–H groups in total. The van der Waals surface area contributed by atoms with Crippen molar-refractivity contribution in [2.24, 2.45) is 5.92 Å². The number of benzene rings is 1. The summed E-state index contributed by atoms with van der Waals surface area (Å²) in [5, 5.41) is 7.49. The van der Waals surface area contributed by atoms with Gasteiger partial charge in [0.1, 0.15) is 0 Å². The lowest BCUT2D eigenvalue weighted by Gasteiger charge is -2.31. The second-order valence-corrected chi connectivity index (χ2v) is 7.79. The van der Waals surface area contributed by atoms with Crippen LogP contribution < -0.4 is 10.2 Å². The average Bonchev–Trinajstić information content (AvgIpc) is 3.14. The fraction of sp³-hybridized carbons (Fsp3) is 0.450. The largest absolute Gasteiger partial charge is 0.378 e. The number of likely N-dealkylation sites (tertiary alicyclic amines) is 1. The van der Waals surface area contributed by atoms with E-state index in [1.54, 1.807) is 11.3 Å². The molecule has 1 amide bonds. The van der Waals surface area contributed by atoms with Crippen molar-refractivity contribution in [3.8, 4) is 0 Å². The molecule has 4 nitrogen and oxygen atoms in total. The van der Waals surface area contributed by atoms with Gasteiger partial charge in [0, 0.05) is 38.4 Å². The Hall–Kier alpha value is -1.85. The summed E-state index contributed by atoms with van der Waals surface area (Å²) in [5.41, 5.74) is 3.20. The number of amides is 1. The number of nitrogens with one attached hydrogen (secondary N) is 1. The van der Waals surface area contributed by atoms with Gasteiger partial charge in [-0.15, -0.1) is 0 Å². The van der Waals surface area contributed by atoms with E-state index in [-0.39, 0.29) is 5.91 Å². The van der Waals surface area contributed by atoms with Crippen LogP contribution in [0, 0.1) is 5.92 Å². The number of anilines is 1. The zero-order chi connectivity index (χ0) is 17.6. The molecule has 0 unspecified atom stereocenters. The van der Waals surface area contributed by atoms with Crippen LogP contribution in [0.15, 0.2) is 41.1 Å². The zero-order valence-electron chi connectivity index (χ0n) is 15.1. The van der Waals surface area contributed by atoms with Crippen LogP contribution in [0.1, 0.15) is 28.8 Å². The molecule has 1 aliphatic rings. The molecule has 2 heterocycles. The highest BCUT2D eigenvalue weighted by atomic mass is 32.1. The maximum Gasteiger partial charge on any atom is 0.251 e. The van der Waals surface area contributed by atoms with Crippen molar-refractivity contribution in [1.82, 2.24) is 10.2 Å². The van der Waals surface area contributed by atoms with Crippen LogP contribution in [0.3, 0.4) is 0 Å². The summed E-state index contributed by atoms with van der Waals surface area (Å²) in [5.74, 6) is 0.615. The minimum atomic E-state index is 0.0319. The Balaban J connectivity index is 1.43. The predicted molar refractivity (Wildman–Crippen MR) is 105 cm³/mol. The van der Waals surface area contributed by atoms with Gasteiger partial charge < -0.3 is 10.2 Å². The van der Waals surface area contributed by atoms with E-state index in [9.17, 15) is 4.79 Å². The molecule has 1 aromatic heterocycles. The molecule has 0 saturated carbocycles. The Morgan fingerprint density at radius 2 is 2.08 bits per heavy atom. The van der Waals surface area contributed by atoms with Gasteiger partial charge in [-0.2, -0.15) is 11.3 Å². The van der Waals surface area contributed by atoms with E-state index in [1.807, 2.05) is 43.3 Å². The highest BCUT2D eigenvalue weighted by molar-refractivity contribution is 7.07. The molecule has 0 aliphatic carbocycles. The Morgan fingerprint density at radius 3 is 2.76 bits per heavy atom. The molecule has 0 bridgehead atoms. The fourth-order valence-electron chi connectivity index (χ4n) is 3.25. The molecule has 0 atom stereocenters. The van der Waals surface area contributed by atoms with Gasteiger partial charge in [-0.1, -0.05) is 6.07 Å². The van der Waals surface area contributed by atoms with Crippen LogP contribution in [0.2, 0.25) is 0 Å². The number of hydrogen-bond donors (Lipinski definition) is 1. The Morgan fingerprint density at radius 1 is 1.28 bits per heavy atom. The lowest BCUT2D eigenvalue weighted by molar-refractivity contribution is 0.0935. The normalized spacial score (nSPS) is 15.9. The summed E-state index contributed by atoms with van der Waals surface area (Å²) < 4.78 is 0. The molecule has 0 spiro atoms. The molecule has 2 aromatic rings. The summed E-state index contributed by atoms with van der Waals surface area (Å²) in [6.07, 6.45) is 2.31. The highest BCUT2D eigenvalue weighted by Gasteiger charge is 2.20. The fourth-order valence-corrected chi connectivity index (χ4v) is 3.91. The summed E-state index contributed by atoms with van der Waals surface area (Å²) in [7, 11) is 3.97. The maximum atomic E-state index is 12.4. The first-order valence-electron chi connectivity index (χ1n) is 8.91. The molecule has 0 radical (unpaired) electrons. The van der Waals surface area contributed by atoms with Gasteiger partial charge in [0.15, 0.2) is 0 Å². The predicted octanol–water partition coefficient (Wildman–Crippen LogP) is 3.46. The molecule has 1 fully saturated rings. The number of rotatable bonds is 6. The van der Waals surface area contributed by atoms with E-state index in [2.05, 4.69) is 27.0 Å². The van der Waals surface area contributed by atoms with E-state index in [1.165, 1.54) is 5.56 Å². The van der Waals surface area contributed by atoms with Crippen LogP contribution >= 0.6 is 11.3 Å². The lowest BCUT2D eigenvalue weighted by Crippen LogP contribution is -2.38. The Kier molecular flexibility index (Phi) is 6.10. The summed E-state index contributed by atoms with van der Waals surface area (Å²) >= 11 is 1.76. The first-order valence-corrected chi connectivity index (χ1v) is 9.85. The van der Waals surface area contributed by atoms with Crippen LogP contribution in [0.4, 0.5) is 5.69 Å². The minimum absolute atomic E-state index is 0.0319. The van der Waals surface area contributed by atoms with E-state index in [0.717, 1.165) is 50.3 Å². The lowest BCUT2D eigenvalue weighted by atomic mass is 9.96. The van der Waals surface area contributed by atoms with Gasteiger partial charge in [-0.3, -0.25) is 9.69 Å². The number of piperidine rings is 1. The third-order valence-corrected chi connectivity index (χ3v) is 5.60. The summed E-state index contributed by atoms with van der Waals surface area (Å²) in [6.45, 7) is 4.07. The average molecular weight is 358 g/mol. The van der Waals surface area contributed by atoms with Crippen LogP contribution in [0.5, 0.6) is 0 Å². The quantitative estimate of drug-likeness (QED) is 0.860. The van der Waals surface area contributed by atoms with Crippen molar-refractivity contribution in [2.45, 2.75) is 19.4 Å². The van der Waals surface area contributed by atoms with Gasteiger partial charge in [-0.25, -0.2) is 0 Å². The third-order valence-electron chi connectivity index (χ3n) is 4.87. The molecule has 1 saturated heterocycles. The van der Waals surface area contributed by atoms with Gasteiger partial charge in [-0.05, 0) is 72.4 Å². The number of carbonyl (C=O) groups is 1. The van der Waals surface area contributed by atoms with Crippen molar-refractivity contribution < 1.29 is 4.79 Å². The van der Waals surface area contributed by atoms with Gasteiger partial charge in [0.2, 0.25) is 0 Å². The molecule has 1 aliphatic heterocycles. The van der Waals surface area contributed by atoms with Crippen LogP contribution in [-0.2, 0) is 6.54 Å². The van der Waals surface area contributed by atoms with E-state index in [4.69, 9.17) is 0 Å². The molecule has 25 heavy (non-hydrogen) atoms. The summed E-state index contributed by atoms with van der Waals surface area (Å²) in [6, 6.07) is 9.98. The maximum absolute atomic E-state index is 12.4. The van der Waals surface area contributed by atoms with E-state index >= 15 is 0 Å². The van der Waals surface area contributed by atoms with Gasteiger partial charge in [0.05, 0.1) is 0 Å². The van der Waals surface area contributed by atoms with Crippen molar-refractivity contribution in [2.75, 3.05) is 38.6 Å². The monoisotopic (exact) mass is 357 g/mol. The highest BCUT2D eigenvalue weighted by Crippen LogP contribution is 2.20. The second kappa shape index (κ2) is 8.50. The summed E-state index contributed by atoms with van der Waals surface area (Å²) in [4.78, 5) is 16.9. The SMILES string of the molecule is CN(C)c1cccc(C(=O)NCC2CCN(Cc3ccsc3)CC2)c1. The smallest absolute Gasteiger partial charge is 0.251 e. The van der Waals surface area contributed by atoms with Crippen molar-refractivity contribution in [1.29, 1.82) is 0 Å². The van der Waals surface area contributed by atoms with Crippen LogP contribution in [0.25, 0.3) is 0 Å².